The van der Waals surface area contributed by atoms with E-state index in [9.17, 15) is 9.90 Å². The number of nitrogens with zero attached hydrogens (tertiary/aromatic N) is 1. The zero-order valence-corrected chi connectivity index (χ0v) is 11.0. The fourth-order valence-electron chi connectivity index (χ4n) is 2.81. The van der Waals surface area contributed by atoms with E-state index in [0.717, 1.165) is 32.1 Å². The van der Waals surface area contributed by atoms with Crippen LogP contribution in [0.25, 0.3) is 0 Å². The Labute approximate surface area is 103 Å². The maximum Gasteiger partial charge on any atom is 0.410 e. The Morgan fingerprint density at radius 2 is 1.94 bits per heavy atom. The molecule has 1 N–H and O–H groups in total. The second-order valence-electron chi connectivity index (χ2n) is 6.29. The molecule has 1 saturated heterocycles. The third kappa shape index (κ3) is 2.57. The summed E-state index contributed by atoms with van der Waals surface area (Å²) in [5, 5.41) is 10.5. The second kappa shape index (κ2) is 4.16. The van der Waals surface area contributed by atoms with Gasteiger partial charge in [-0.2, -0.15) is 0 Å². The molecule has 98 valence electrons. The van der Waals surface area contributed by atoms with Gasteiger partial charge in [0.15, 0.2) is 0 Å². The first-order valence-corrected chi connectivity index (χ1v) is 6.54. The van der Waals surface area contributed by atoms with Crippen LogP contribution in [0.3, 0.4) is 0 Å². The normalized spacial score (nSPS) is 27.8. The van der Waals surface area contributed by atoms with Crippen LogP contribution in [0.5, 0.6) is 0 Å². The lowest BCUT2D eigenvalue weighted by Crippen LogP contribution is -2.62. The van der Waals surface area contributed by atoms with Crippen LogP contribution in [0.4, 0.5) is 4.79 Å². The fraction of sp³-hybridized carbons (Fsp3) is 0.923. The Morgan fingerprint density at radius 3 is 2.35 bits per heavy atom. The number of carbonyl (C=O) groups is 1. The highest BCUT2D eigenvalue weighted by molar-refractivity contribution is 5.69. The van der Waals surface area contributed by atoms with E-state index in [1.165, 1.54) is 0 Å². The van der Waals surface area contributed by atoms with Gasteiger partial charge in [-0.1, -0.05) is 12.8 Å². The number of carbonyl (C=O) groups excluding carboxylic acids is 1. The number of rotatable bonds is 1. The molecule has 0 aromatic carbocycles. The zero-order valence-electron chi connectivity index (χ0n) is 11.0. The van der Waals surface area contributed by atoms with Crippen molar-refractivity contribution in [1.82, 2.24) is 4.90 Å². The number of aliphatic hydroxyl groups is 1. The zero-order chi connectivity index (χ0) is 12.7. The monoisotopic (exact) mass is 241 g/mol. The van der Waals surface area contributed by atoms with Gasteiger partial charge in [0.1, 0.15) is 5.60 Å². The van der Waals surface area contributed by atoms with E-state index in [1.807, 2.05) is 20.8 Å². The van der Waals surface area contributed by atoms with Crippen LogP contribution in [0, 0.1) is 0 Å². The van der Waals surface area contributed by atoms with E-state index in [4.69, 9.17) is 4.74 Å². The Morgan fingerprint density at radius 1 is 1.35 bits per heavy atom. The molecule has 1 heterocycles. The van der Waals surface area contributed by atoms with Gasteiger partial charge in [0.25, 0.3) is 0 Å². The summed E-state index contributed by atoms with van der Waals surface area (Å²) in [5.41, 5.74) is -1.12. The van der Waals surface area contributed by atoms with Crippen molar-refractivity contribution in [1.29, 1.82) is 0 Å². The molecule has 1 amide bonds. The summed E-state index contributed by atoms with van der Waals surface area (Å²) in [5.74, 6) is 0. The molecule has 0 spiro atoms. The summed E-state index contributed by atoms with van der Waals surface area (Å²) in [6.45, 7) is 6.31. The Kier molecular flexibility index (Phi) is 3.10. The molecule has 2 fully saturated rings. The Hall–Kier alpha value is -0.770. The van der Waals surface area contributed by atoms with E-state index >= 15 is 0 Å². The number of likely N-dealkylation sites (tertiary alicyclic amines) is 1. The van der Waals surface area contributed by atoms with E-state index in [1.54, 1.807) is 4.90 Å². The predicted octanol–water partition coefficient (Wildman–Crippen LogP) is 2.30. The number of ether oxygens (including phenoxy) is 1. The minimum Gasteiger partial charge on any atom is -0.444 e. The van der Waals surface area contributed by atoms with E-state index in [2.05, 4.69) is 0 Å². The summed E-state index contributed by atoms with van der Waals surface area (Å²) in [6, 6.07) is -0.0279. The average Bonchev–Trinajstić information content (AvgIpc) is 2.45. The lowest BCUT2D eigenvalue weighted by molar-refractivity contribution is -0.0905. The van der Waals surface area contributed by atoms with Crippen LogP contribution in [0.2, 0.25) is 0 Å². The van der Waals surface area contributed by atoms with Gasteiger partial charge in [0.05, 0.1) is 11.6 Å². The third-order valence-corrected chi connectivity index (χ3v) is 3.74. The summed E-state index contributed by atoms with van der Waals surface area (Å²) in [6.07, 6.45) is 4.38. The van der Waals surface area contributed by atoms with Gasteiger partial charge in [-0.25, -0.2) is 4.79 Å². The van der Waals surface area contributed by atoms with Crippen LogP contribution in [-0.2, 0) is 4.74 Å². The maximum atomic E-state index is 11.9. The molecule has 4 nitrogen and oxygen atoms in total. The highest BCUT2D eigenvalue weighted by Gasteiger charge is 2.49. The molecule has 0 bridgehead atoms. The molecule has 0 aromatic heterocycles. The fourth-order valence-corrected chi connectivity index (χ4v) is 2.81. The summed E-state index contributed by atoms with van der Waals surface area (Å²) in [4.78, 5) is 13.6. The average molecular weight is 241 g/mol. The number of hydrogen-bond donors (Lipinski definition) is 1. The maximum absolute atomic E-state index is 11.9. The molecule has 2 rings (SSSR count). The van der Waals surface area contributed by atoms with Crippen LogP contribution in [0.15, 0.2) is 0 Å². The largest absolute Gasteiger partial charge is 0.444 e. The van der Waals surface area contributed by atoms with Crippen LogP contribution in [0.1, 0.15) is 52.9 Å². The quantitative estimate of drug-likeness (QED) is 0.766. The summed E-state index contributed by atoms with van der Waals surface area (Å²) < 4.78 is 5.35. The lowest BCUT2D eigenvalue weighted by Gasteiger charge is -2.48. The first kappa shape index (κ1) is 12.7. The minimum atomic E-state index is -0.658. The lowest BCUT2D eigenvalue weighted by atomic mass is 9.84. The van der Waals surface area contributed by atoms with E-state index in [-0.39, 0.29) is 12.1 Å². The number of hydrogen-bond acceptors (Lipinski definition) is 3. The molecule has 0 aromatic rings. The van der Waals surface area contributed by atoms with Gasteiger partial charge in [-0.05, 0) is 40.0 Å². The van der Waals surface area contributed by atoms with Crippen LogP contribution < -0.4 is 0 Å². The molecule has 0 unspecified atom stereocenters. The molecule has 1 aliphatic carbocycles. The second-order valence-corrected chi connectivity index (χ2v) is 6.29. The highest BCUT2D eigenvalue weighted by Crippen LogP contribution is 2.40. The Bertz CT molecular complexity index is 302. The highest BCUT2D eigenvalue weighted by atomic mass is 16.6. The van der Waals surface area contributed by atoms with Crippen molar-refractivity contribution >= 4 is 6.09 Å². The van der Waals surface area contributed by atoms with Gasteiger partial charge in [-0.15, -0.1) is 0 Å². The third-order valence-electron chi connectivity index (χ3n) is 3.74. The van der Waals surface area contributed by atoms with Gasteiger partial charge >= 0.3 is 6.09 Å². The van der Waals surface area contributed by atoms with Crippen LogP contribution >= 0.6 is 0 Å². The van der Waals surface area contributed by atoms with Crippen molar-refractivity contribution in [3.05, 3.63) is 0 Å². The SMILES string of the molecule is CC(C)(C)OC(=O)N1CC[C@H]1C1(O)CCCC1. The van der Waals surface area contributed by atoms with Crippen molar-refractivity contribution in [2.75, 3.05) is 6.54 Å². The van der Waals surface area contributed by atoms with Gasteiger partial charge < -0.3 is 14.7 Å². The van der Waals surface area contributed by atoms with Crippen molar-refractivity contribution in [2.24, 2.45) is 0 Å². The van der Waals surface area contributed by atoms with E-state index in [0.29, 0.717) is 6.54 Å². The smallest absolute Gasteiger partial charge is 0.410 e. The van der Waals surface area contributed by atoms with Gasteiger partial charge in [0.2, 0.25) is 0 Å². The molecule has 17 heavy (non-hydrogen) atoms. The van der Waals surface area contributed by atoms with Crippen LogP contribution in [-0.4, -0.2) is 39.9 Å². The molecule has 1 saturated carbocycles. The van der Waals surface area contributed by atoms with Crippen molar-refractivity contribution in [3.8, 4) is 0 Å². The first-order valence-electron chi connectivity index (χ1n) is 6.54. The molecule has 1 atom stereocenters. The van der Waals surface area contributed by atoms with Gasteiger partial charge in [0, 0.05) is 6.54 Å². The standard InChI is InChI=1S/C13H23NO3/c1-12(2,3)17-11(15)14-9-6-10(14)13(16)7-4-5-8-13/h10,16H,4-9H2,1-3H3/t10-/m0/s1. The van der Waals surface area contributed by atoms with Crippen molar-refractivity contribution < 1.29 is 14.6 Å². The molecule has 2 aliphatic rings. The molecule has 4 heteroatoms. The molecule has 1 aliphatic heterocycles. The topological polar surface area (TPSA) is 49.8 Å². The molecular formula is C13H23NO3. The minimum absolute atomic E-state index is 0.0279. The molecular weight excluding hydrogens is 218 g/mol. The number of amides is 1. The first-order chi connectivity index (χ1) is 7.82. The Balaban J connectivity index is 1.96. The van der Waals surface area contributed by atoms with E-state index < -0.39 is 11.2 Å². The van der Waals surface area contributed by atoms with Crippen molar-refractivity contribution in [3.63, 3.8) is 0 Å². The summed E-state index contributed by atoms with van der Waals surface area (Å²) in [7, 11) is 0. The molecule has 0 radical (unpaired) electrons. The van der Waals surface area contributed by atoms with Crippen molar-refractivity contribution in [2.45, 2.75) is 70.1 Å². The predicted molar refractivity (Wildman–Crippen MR) is 64.8 cm³/mol. The van der Waals surface area contributed by atoms with Gasteiger partial charge in [-0.3, -0.25) is 0 Å². The summed E-state index contributed by atoms with van der Waals surface area (Å²) >= 11 is 0.